The Hall–Kier alpha value is -2.83. The van der Waals surface area contributed by atoms with Gasteiger partial charge in [-0.1, -0.05) is 0 Å². The van der Waals surface area contributed by atoms with Gasteiger partial charge in [0.15, 0.2) is 6.10 Å². The SMILES string of the molecule is C[C@H](Oc1cc(F)ccc1[N+](=O)[O-])C(=O)c1ccc(F)cc1. The minimum absolute atomic E-state index is 0.188. The molecular formula is C15H11F2NO4. The van der Waals surface area contributed by atoms with Crippen molar-refractivity contribution in [2.45, 2.75) is 13.0 Å². The van der Waals surface area contributed by atoms with E-state index in [4.69, 9.17) is 4.74 Å². The highest BCUT2D eigenvalue weighted by Crippen LogP contribution is 2.28. The Morgan fingerprint density at radius 2 is 1.73 bits per heavy atom. The van der Waals surface area contributed by atoms with E-state index in [1.165, 1.54) is 19.1 Å². The third kappa shape index (κ3) is 3.43. The summed E-state index contributed by atoms with van der Waals surface area (Å²) < 4.78 is 31.2. The lowest BCUT2D eigenvalue weighted by Gasteiger charge is -2.13. The highest BCUT2D eigenvalue weighted by molar-refractivity contribution is 5.99. The molecule has 2 aromatic carbocycles. The van der Waals surface area contributed by atoms with Gasteiger partial charge < -0.3 is 4.74 Å². The first kappa shape index (κ1) is 15.6. The standard InChI is InChI=1S/C15H11F2NO4/c1-9(15(19)10-2-4-11(16)5-3-10)22-14-8-12(17)6-7-13(14)18(20)21/h2-9H,1H3/t9-/m0/s1. The Balaban J connectivity index is 2.23. The molecule has 0 saturated heterocycles. The number of Topliss-reactive ketones (excluding diaryl/α,β-unsaturated/α-hetero) is 1. The smallest absolute Gasteiger partial charge is 0.311 e. The van der Waals surface area contributed by atoms with Gasteiger partial charge in [0.25, 0.3) is 0 Å². The molecule has 0 aromatic heterocycles. The predicted molar refractivity (Wildman–Crippen MR) is 73.9 cm³/mol. The third-order valence-electron chi connectivity index (χ3n) is 2.92. The largest absolute Gasteiger partial charge is 0.475 e. The van der Waals surface area contributed by atoms with Crippen molar-refractivity contribution in [1.29, 1.82) is 0 Å². The maximum atomic E-state index is 13.2. The van der Waals surface area contributed by atoms with E-state index in [0.29, 0.717) is 0 Å². The van der Waals surface area contributed by atoms with Gasteiger partial charge in [-0.2, -0.15) is 0 Å². The van der Waals surface area contributed by atoms with E-state index in [-0.39, 0.29) is 11.3 Å². The van der Waals surface area contributed by atoms with Crippen molar-refractivity contribution < 1.29 is 23.2 Å². The summed E-state index contributed by atoms with van der Waals surface area (Å²) in [4.78, 5) is 22.3. The Bertz CT molecular complexity index is 716. The zero-order chi connectivity index (χ0) is 16.3. The fourth-order valence-corrected chi connectivity index (χ4v) is 1.83. The molecular weight excluding hydrogens is 296 g/mol. The van der Waals surface area contributed by atoms with Gasteiger partial charge in [0.1, 0.15) is 11.6 Å². The molecule has 0 spiro atoms. The first-order chi connectivity index (χ1) is 10.4. The summed E-state index contributed by atoms with van der Waals surface area (Å²) in [5.41, 5.74) is -0.256. The van der Waals surface area contributed by atoms with Crippen molar-refractivity contribution in [1.82, 2.24) is 0 Å². The topological polar surface area (TPSA) is 69.4 Å². The minimum Gasteiger partial charge on any atom is -0.475 e. The molecule has 2 aromatic rings. The van der Waals surface area contributed by atoms with Crippen LogP contribution >= 0.6 is 0 Å². The van der Waals surface area contributed by atoms with E-state index >= 15 is 0 Å². The summed E-state index contributed by atoms with van der Waals surface area (Å²) in [5.74, 6) is -2.06. The van der Waals surface area contributed by atoms with Gasteiger partial charge in [-0.25, -0.2) is 8.78 Å². The van der Waals surface area contributed by atoms with Crippen molar-refractivity contribution >= 4 is 11.5 Å². The summed E-state index contributed by atoms with van der Waals surface area (Å²) in [5, 5.41) is 10.9. The van der Waals surface area contributed by atoms with Crippen molar-refractivity contribution in [3.05, 3.63) is 69.8 Å². The number of ketones is 1. The van der Waals surface area contributed by atoms with E-state index < -0.39 is 34.1 Å². The van der Waals surface area contributed by atoms with Crippen LogP contribution in [0, 0.1) is 21.7 Å². The molecule has 0 N–H and O–H groups in total. The number of nitro benzene ring substituents is 1. The quantitative estimate of drug-likeness (QED) is 0.481. The van der Waals surface area contributed by atoms with Crippen LogP contribution in [0.25, 0.3) is 0 Å². The lowest BCUT2D eigenvalue weighted by Crippen LogP contribution is -2.24. The number of rotatable bonds is 5. The number of halogens is 2. The molecule has 0 saturated carbocycles. The summed E-state index contributed by atoms with van der Waals surface area (Å²) in [7, 11) is 0. The molecule has 0 heterocycles. The third-order valence-corrected chi connectivity index (χ3v) is 2.92. The summed E-state index contributed by atoms with van der Waals surface area (Å²) in [6, 6.07) is 7.51. The zero-order valence-corrected chi connectivity index (χ0v) is 11.5. The molecule has 0 aliphatic rings. The molecule has 5 nitrogen and oxygen atoms in total. The number of hydrogen-bond acceptors (Lipinski definition) is 4. The second kappa shape index (κ2) is 6.30. The van der Waals surface area contributed by atoms with E-state index in [1.807, 2.05) is 0 Å². The van der Waals surface area contributed by atoms with Crippen molar-refractivity contribution in [2.75, 3.05) is 0 Å². The lowest BCUT2D eigenvalue weighted by atomic mass is 10.1. The number of hydrogen-bond donors (Lipinski definition) is 0. The molecule has 2 rings (SSSR count). The van der Waals surface area contributed by atoms with Crippen LogP contribution < -0.4 is 4.74 Å². The minimum atomic E-state index is -1.09. The van der Waals surface area contributed by atoms with Crippen LogP contribution in [-0.4, -0.2) is 16.8 Å². The average molecular weight is 307 g/mol. The lowest BCUT2D eigenvalue weighted by molar-refractivity contribution is -0.386. The Labute approximate surface area is 124 Å². The highest BCUT2D eigenvalue weighted by atomic mass is 19.1. The van der Waals surface area contributed by atoms with Crippen molar-refractivity contribution in [3.8, 4) is 5.75 Å². The Kier molecular flexibility index (Phi) is 4.45. The van der Waals surface area contributed by atoms with E-state index in [9.17, 15) is 23.7 Å². The van der Waals surface area contributed by atoms with Crippen LogP contribution in [0.4, 0.5) is 14.5 Å². The summed E-state index contributed by atoms with van der Waals surface area (Å²) >= 11 is 0. The molecule has 0 aliphatic heterocycles. The fourth-order valence-electron chi connectivity index (χ4n) is 1.83. The van der Waals surface area contributed by atoms with Gasteiger partial charge >= 0.3 is 5.69 Å². The van der Waals surface area contributed by atoms with Gasteiger partial charge in [-0.3, -0.25) is 14.9 Å². The molecule has 0 bridgehead atoms. The van der Waals surface area contributed by atoms with E-state index in [0.717, 1.165) is 30.3 Å². The number of nitro groups is 1. The predicted octanol–water partition coefficient (Wildman–Crippen LogP) is 3.52. The maximum absolute atomic E-state index is 13.2. The monoisotopic (exact) mass is 307 g/mol. The Morgan fingerprint density at radius 3 is 2.32 bits per heavy atom. The number of carbonyl (C=O) groups excluding carboxylic acids is 1. The van der Waals surface area contributed by atoms with Gasteiger partial charge in [0.2, 0.25) is 11.5 Å². The summed E-state index contributed by atoms with van der Waals surface area (Å²) in [6.45, 7) is 1.38. The highest BCUT2D eigenvalue weighted by Gasteiger charge is 2.22. The van der Waals surface area contributed by atoms with E-state index in [1.54, 1.807) is 0 Å². The molecule has 1 atom stereocenters. The summed E-state index contributed by atoms with van der Waals surface area (Å²) in [6.07, 6.45) is -1.09. The first-order valence-corrected chi connectivity index (χ1v) is 6.29. The van der Waals surface area contributed by atoms with Gasteiger partial charge in [0.05, 0.1) is 4.92 Å². The number of benzene rings is 2. The molecule has 22 heavy (non-hydrogen) atoms. The number of carbonyl (C=O) groups is 1. The number of ether oxygens (including phenoxy) is 1. The van der Waals surface area contributed by atoms with E-state index in [2.05, 4.69) is 0 Å². The molecule has 0 aliphatic carbocycles. The molecule has 0 unspecified atom stereocenters. The normalized spacial score (nSPS) is 11.8. The first-order valence-electron chi connectivity index (χ1n) is 6.29. The molecule has 114 valence electrons. The second-order valence-electron chi connectivity index (χ2n) is 4.50. The maximum Gasteiger partial charge on any atom is 0.311 e. The molecule has 0 fully saturated rings. The molecule has 7 heteroatoms. The molecule has 0 amide bonds. The fraction of sp³-hybridized carbons (Fsp3) is 0.133. The van der Waals surface area contributed by atoms with Gasteiger partial charge in [0, 0.05) is 17.7 Å². The van der Waals surface area contributed by atoms with Crippen molar-refractivity contribution in [3.63, 3.8) is 0 Å². The van der Waals surface area contributed by atoms with Crippen LogP contribution in [0.15, 0.2) is 42.5 Å². The van der Waals surface area contributed by atoms with Crippen LogP contribution in [-0.2, 0) is 0 Å². The van der Waals surface area contributed by atoms with Crippen LogP contribution in [0.3, 0.4) is 0 Å². The average Bonchev–Trinajstić information content (AvgIpc) is 2.47. The van der Waals surface area contributed by atoms with Crippen LogP contribution in [0.1, 0.15) is 17.3 Å². The Morgan fingerprint density at radius 1 is 1.14 bits per heavy atom. The zero-order valence-electron chi connectivity index (χ0n) is 11.5. The van der Waals surface area contributed by atoms with Crippen LogP contribution in [0.5, 0.6) is 5.75 Å². The van der Waals surface area contributed by atoms with Gasteiger partial charge in [-0.05, 0) is 37.3 Å². The van der Waals surface area contributed by atoms with Crippen LogP contribution in [0.2, 0.25) is 0 Å². The second-order valence-corrected chi connectivity index (χ2v) is 4.50. The van der Waals surface area contributed by atoms with Crippen molar-refractivity contribution in [2.24, 2.45) is 0 Å². The van der Waals surface area contributed by atoms with Gasteiger partial charge in [-0.15, -0.1) is 0 Å². The molecule has 0 radical (unpaired) electrons. The number of nitrogens with zero attached hydrogens (tertiary/aromatic N) is 1.